The number of hydrogen-bond donors (Lipinski definition) is 1. The molecule has 4 nitrogen and oxygen atoms in total. The summed E-state index contributed by atoms with van der Waals surface area (Å²) in [5, 5.41) is 9.25. The number of nitrogen functional groups attached to an aromatic ring is 1. The van der Waals surface area contributed by atoms with Crippen LogP contribution in [0.5, 0.6) is 0 Å². The standard InChI is InChI=1S/C41H28N4S/c42-39-33-20-18-30(35-16-8-9-21-43-35)24-38(33)46-41(39)44-36(27-11-2-1-3-12-27)25-45-37-23-29-14-5-4-13-28(29)22-34(37)32-19-17-26-10-6-7-15-31(26)40(32)45/h1-24H,25,42H2/b44-36+. The molecule has 0 atom stereocenters. The molecule has 9 aromatic rings. The maximum atomic E-state index is 6.83. The summed E-state index contributed by atoms with van der Waals surface area (Å²) in [6.07, 6.45) is 1.82. The fraction of sp³-hybridized carbons (Fsp3) is 0.0244. The van der Waals surface area contributed by atoms with Gasteiger partial charge in [-0.3, -0.25) is 4.98 Å². The first-order valence-corrected chi connectivity index (χ1v) is 16.2. The predicted molar refractivity (Wildman–Crippen MR) is 197 cm³/mol. The molecule has 3 heterocycles. The van der Waals surface area contributed by atoms with Gasteiger partial charge in [-0.2, -0.15) is 0 Å². The largest absolute Gasteiger partial charge is 0.396 e. The van der Waals surface area contributed by atoms with Gasteiger partial charge in [-0.1, -0.05) is 109 Å². The van der Waals surface area contributed by atoms with E-state index in [2.05, 4.69) is 125 Å². The lowest BCUT2D eigenvalue weighted by atomic mass is 10.0. The van der Waals surface area contributed by atoms with Crippen molar-refractivity contribution < 1.29 is 0 Å². The Labute approximate surface area is 269 Å². The second-order valence-corrected chi connectivity index (χ2v) is 12.7. The lowest BCUT2D eigenvalue weighted by Crippen LogP contribution is -2.11. The second-order valence-electron chi connectivity index (χ2n) is 11.7. The van der Waals surface area contributed by atoms with Crippen LogP contribution in [0.15, 0.2) is 151 Å². The maximum absolute atomic E-state index is 6.83. The van der Waals surface area contributed by atoms with E-state index in [1.165, 1.54) is 43.4 Å². The first kappa shape index (κ1) is 26.6. The van der Waals surface area contributed by atoms with Crippen molar-refractivity contribution in [3.63, 3.8) is 0 Å². The number of aromatic nitrogens is 2. The maximum Gasteiger partial charge on any atom is 0.140 e. The number of nitrogens with two attached hydrogens (primary N) is 1. The Balaban J connectivity index is 1.28. The molecule has 5 heteroatoms. The lowest BCUT2D eigenvalue weighted by molar-refractivity contribution is 0.939. The van der Waals surface area contributed by atoms with E-state index in [-0.39, 0.29) is 0 Å². The van der Waals surface area contributed by atoms with Crippen molar-refractivity contribution in [1.82, 2.24) is 9.55 Å². The fourth-order valence-corrected chi connectivity index (χ4v) is 7.75. The molecule has 0 amide bonds. The SMILES string of the molecule is Nc1c(/N=C(\Cn2c3cc4ccccc4cc3c3ccc4ccccc4c32)c2ccccc2)sc2cc(-c3ccccn3)ccc12. The molecule has 3 aromatic heterocycles. The van der Waals surface area contributed by atoms with Gasteiger partial charge in [-0.15, -0.1) is 11.3 Å². The van der Waals surface area contributed by atoms with E-state index in [4.69, 9.17) is 10.7 Å². The summed E-state index contributed by atoms with van der Waals surface area (Å²) in [6, 6.07) is 49.3. The zero-order chi connectivity index (χ0) is 30.6. The summed E-state index contributed by atoms with van der Waals surface area (Å²) in [4.78, 5) is 9.92. The van der Waals surface area contributed by atoms with Crippen molar-refractivity contribution in [2.45, 2.75) is 6.54 Å². The number of hydrogen-bond acceptors (Lipinski definition) is 4. The lowest BCUT2D eigenvalue weighted by Gasteiger charge is -2.13. The van der Waals surface area contributed by atoms with Crippen LogP contribution in [0.3, 0.4) is 0 Å². The van der Waals surface area contributed by atoms with Crippen molar-refractivity contribution in [2.24, 2.45) is 4.99 Å². The Morgan fingerprint density at radius 3 is 2.22 bits per heavy atom. The molecule has 0 saturated carbocycles. The summed E-state index contributed by atoms with van der Waals surface area (Å²) in [5.74, 6) is 0. The van der Waals surface area contributed by atoms with Crippen LogP contribution >= 0.6 is 11.3 Å². The van der Waals surface area contributed by atoms with E-state index in [1.807, 2.05) is 30.5 Å². The Hall–Kier alpha value is -5.78. The number of anilines is 1. The Kier molecular flexibility index (Phi) is 6.18. The van der Waals surface area contributed by atoms with E-state index in [0.29, 0.717) is 12.2 Å². The summed E-state index contributed by atoms with van der Waals surface area (Å²) in [5.41, 5.74) is 14.0. The third kappa shape index (κ3) is 4.36. The minimum absolute atomic E-state index is 0.587. The molecule has 0 bridgehead atoms. The Morgan fingerprint density at radius 2 is 1.39 bits per heavy atom. The van der Waals surface area contributed by atoms with Gasteiger partial charge >= 0.3 is 0 Å². The second kappa shape index (κ2) is 10.7. The molecule has 46 heavy (non-hydrogen) atoms. The number of fused-ring (bicyclic) bond motifs is 7. The van der Waals surface area contributed by atoms with Gasteiger partial charge in [0.05, 0.1) is 34.7 Å². The average molecular weight is 609 g/mol. The molecule has 218 valence electrons. The van der Waals surface area contributed by atoms with Gasteiger partial charge in [0.15, 0.2) is 0 Å². The van der Waals surface area contributed by atoms with E-state index in [0.717, 1.165) is 37.6 Å². The highest BCUT2D eigenvalue weighted by molar-refractivity contribution is 7.23. The normalized spacial score (nSPS) is 12.2. The highest BCUT2D eigenvalue weighted by Crippen LogP contribution is 2.42. The van der Waals surface area contributed by atoms with E-state index >= 15 is 0 Å². The van der Waals surface area contributed by atoms with Crippen LogP contribution in [0.25, 0.3) is 64.7 Å². The van der Waals surface area contributed by atoms with E-state index in [1.54, 1.807) is 11.3 Å². The van der Waals surface area contributed by atoms with Crippen LogP contribution in [0.1, 0.15) is 5.56 Å². The molecule has 0 aliphatic heterocycles. The van der Waals surface area contributed by atoms with Crippen LogP contribution in [0, 0.1) is 0 Å². The highest BCUT2D eigenvalue weighted by Gasteiger charge is 2.18. The van der Waals surface area contributed by atoms with Gasteiger partial charge in [-0.05, 0) is 52.1 Å². The average Bonchev–Trinajstić information content (AvgIpc) is 3.60. The molecule has 0 aliphatic carbocycles. The fourth-order valence-electron chi connectivity index (χ4n) is 6.69. The van der Waals surface area contributed by atoms with Crippen molar-refractivity contribution in [3.05, 3.63) is 151 Å². The quantitative estimate of drug-likeness (QED) is 0.198. The van der Waals surface area contributed by atoms with Crippen LogP contribution in [-0.2, 0) is 6.54 Å². The van der Waals surface area contributed by atoms with Crippen LogP contribution in [-0.4, -0.2) is 15.3 Å². The number of nitrogens with zero attached hydrogens (tertiary/aromatic N) is 3. The van der Waals surface area contributed by atoms with Crippen LogP contribution in [0.2, 0.25) is 0 Å². The Morgan fingerprint density at radius 1 is 0.652 bits per heavy atom. The molecule has 0 unspecified atom stereocenters. The summed E-state index contributed by atoms with van der Waals surface area (Å²) < 4.78 is 3.55. The van der Waals surface area contributed by atoms with Gasteiger partial charge in [0.1, 0.15) is 5.00 Å². The molecular formula is C41H28N4S. The summed E-state index contributed by atoms with van der Waals surface area (Å²) in [7, 11) is 0. The number of rotatable bonds is 5. The molecule has 9 rings (SSSR count). The zero-order valence-electron chi connectivity index (χ0n) is 24.9. The smallest absolute Gasteiger partial charge is 0.140 e. The summed E-state index contributed by atoms with van der Waals surface area (Å²) in [6.45, 7) is 0.587. The predicted octanol–water partition coefficient (Wildman–Crippen LogP) is 10.8. The van der Waals surface area contributed by atoms with Gasteiger partial charge in [-0.25, -0.2) is 4.99 Å². The minimum atomic E-state index is 0.587. The van der Waals surface area contributed by atoms with Gasteiger partial charge in [0.25, 0.3) is 0 Å². The topological polar surface area (TPSA) is 56.2 Å². The Bertz CT molecular complexity index is 2610. The van der Waals surface area contributed by atoms with Crippen LogP contribution in [0.4, 0.5) is 10.7 Å². The first-order valence-electron chi connectivity index (χ1n) is 15.4. The van der Waals surface area contributed by atoms with Crippen molar-refractivity contribution in [3.8, 4) is 11.3 Å². The third-order valence-corrected chi connectivity index (χ3v) is 10.00. The van der Waals surface area contributed by atoms with E-state index in [9.17, 15) is 0 Å². The molecule has 0 fully saturated rings. The van der Waals surface area contributed by atoms with Crippen molar-refractivity contribution in [1.29, 1.82) is 0 Å². The molecule has 0 radical (unpaired) electrons. The number of pyridine rings is 1. The third-order valence-electron chi connectivity index (χ3n) is 8.94. The highest BCUT2D eigenvalue weighted by atomic mass is 32.1. The van der Waals surface area contributed by atoms with Gasteiger partial charge in [0, 0.05) is 38.0 Å². The summed E-state index contributed by atoms with van der Waals surface area (Å²) >= 11 is 1.63. The first-order chi connectivity index (χ1) is 22.7. The van der Waals surface area contributed by atoms with Gasteiger partial charge < -0.3 is 10.3 Å². The zero-order valence-corrected chi connectivity index (χ0v) is 25.7. The van der Waals surface area contributed by atoms with Crippen LogP contribution < -0.4 is 5.73 Å². The molecule has 6 aromatic carbocycles. The van der Waals surface area contributed by atoms with Crippen molar-refractivity contribution >= 4 is 81.2 Å². The monoisotopic (exact) mass is 608 g/mol. The molecule has 0 spiro atoms. The molecular weight excluding hydrogens is 581 g/mol. The van der Waals surface area contributed by atoms with E-state index < -0.39 is 0 Å². The molecule has 2 N–H and O–H groups in total. The number of benzene rings is 6. The number of aliphatic imine (C=N–C) groups is 1. The van der Waals surface area contributed by atoms with Crippen molar-refractivity contribution in [2.75, 3.05) is 5.73 Å². The molecule has 0 aliphatic rings. The number of thiophene rings is 1. The molecule has 0 saturated heterocycles. The van der Waals surface area contributed by atoms with Gasteiger partial charge in [0.2, 0.25) is 0 Å². The minimum Gasteiger partial charge on any atom is -0.396 e.